The number of anilines is 2. The fraction of sp³-hybridized carbons (Fsp3) is 0.245. The lowest BCUT2D eigenvalue weighted by Gasteiger charge is -2.36. The number of fused-ring (bicyclic) bond motifs is 1. The molecule has 8 rings (SSSR count). The quantitative estimate of drug-likeness (QED) is 0.0606. The molecule has 6 aromatic rings. The molecule has 0 aromatic heterocycles. The molecule has 1 saturated heterocycles. The van der Waals surface area contributed by atoms with Gasteiger partial charge in [-0.1, -0.05) is 78.3 Å². The Hall–Kier alpha value is -5.50. The maximum absolute atomic E-state index is 13.5. The van der Waals surface area contributed by atoms with Crippen LogP contribution >= 0.6 is 23.4 Å². The van der Waals surface area contributed by atoms with Crippen molar-refractivity contribution in [3.8, 4) is 22.6 Å². The van der Waals surface area contributed by atoms with Crippen molar-refractivity contribution in [1.29, 1.82) is 0 Å². The highest BCUT2D eigenvalue weighted by Crippen LogP contribution is 2.35. The van der Waals surface area contributed by atoms with Gasteiger partial charge in [0.2, 0.25) is 6.79 Å². The predicted molar refractivity (Wildman–Crippen MR) is 250 cm³/mol. The Labute approximate surface area is 373 Å². The zero-order chi connectivity index (χ0) is 42.9. The van der Waals surface area contributed by atoms with Gasteiger partial charge in [-0.05, 0) is 115 Å². The second-order valence-corrected chi connectivity index (χ2v) is 18.7. The second-order valence-electron chi connectivity index (χ2n) is 15.5. The van der Waals surface area contributed by atoms with Crippen molar-refractivity contribution < 1.29 is 22.7 Å². The summed E-state index contributed by atoms with van der Waals surface area (Å²) in [5.41, 5.74) is 7.53. The molecule has 1 amide bonds. The molecule has 1 fully saturated rings. The normalized spacial score (nSPS) is 14.4. The van der Waals surface area contributed by atoms with Crippen LogP contribution in [0.5, 0.6) is 11.5 Å². The zero-order valence-electron chi connectivity index (χ0n) is 34.6. The van der Waals surface area contributed by atoms with Gasteiger partial charge in [-0.2, -0.15) is 0 Å². The third-order valence-corrected chi connectivity index (χ3v) is 13.9. The van der Waals surface area contributed by atoms with E-state index in [1.807, 2.05) is 67.6 Å². The number of nitrogens with one attached hydrogen (secondary N) is 3. The molecule has 320 valence electrons. The first-order valence-electron chi connectivity index (χ1n) is 20.8. The number of rotatable bonds is 17. The molecule has 0 radical (unpaired) electrons. The summed E-state index contributed by atoms with van der Waals surface area (Å²) >= 11 is 7.91. The van der Waals surface area contributed by atoms with Gasteiger partial charge < -0.3 is 25.0 Å². The molecule has 0 aliphatic carbocycles. The van der Waals surface area contributed by atoms with Crippen LogP contribution in [0.15, 0.2) is 149 Å². The molecule has 2 aliphatic heterocycles. The van der Waals surface area contributed by atoms with E-state index in [4.69, 9.17) is 21.1 Å². The minimum absolute atomic E-state index is 0.0256. The van der Waals surface area contributed by atoms with Gasteiger partial charge >= 0.3 is 0 Å². The van der Waals surface area contributed by atoms with Gasteiger partial charge in [-0.15, -0.1) is 11.8 Å². The molecular weight excluding hydrogens is 838 g/mol. The first-order valence-corrected chi connectivity index (χ1v) is 23.6. The number of halogens is 1. The van der Waals surface area contributed by atoms with Crippen LogP contribution in [0.3, 0.4) is 0 Å². The Balaban J connectivity index is 0.844. The highest BCUT2D eigenvalue weighted by Gasteiger charge is 2.23. The molecule has 6 aromatic carbocycles. The molecule has 2 aliphatic rings. The summed E-state index contributed by atoms with van der Waals surface area (Å²) in [4.78, 5) is 19.2. The lowest BCUT2D eigenvalue weighted by Crippen LogP contribution is -2.46. The highest BCUT2D eigenvalue weighted by molar-refractivity contribution is 7.99. The number of aryl methyl sites for hydroxylation is 1. The number of benzene rings is 6. The number of carbonyl (C=O) groups is 1. The maximum Gasteiger partial charge on any atom is 0.264 e. The lowest BCUT2D eigenvalue weighted by atomic mass is 9.99. The van der Waals surface area contributed by atoms with Crippen LogP contribution in [0.4, 0.5) is 11.4 Å². The van der Waals surface area contributed by atoms with Gasteiger partial charge in [0.05, 0.1) is 4.90 Å². The number of carbonyl (C=O) groups excluding carboxylic acids is 1. The molecule has 1 atom stereocenters. The summed E-state index contributed by atoms with van der Waals surface area (Å²) in [6, 6.07) is 44.8. The topological polar surface area (TPSA) is 112 Å². The van der Waals surface area contributed by atoms with Crippen LogP contribution in [0.2, 0.25) is 5.02 Å². The Morgan fingerprint density at radius 2 is 1.55 bits per heavy atom. The number of thioether (sulfide) groups is 1. The van der Waals surface area contributed by atoms with Crippen LogP contribution in [0.25, 0.3) is 11.1 Å². The molecule has 0 saturated carbocycles. The number of hydrogen-bond donors (Lipinski definition) is 3. The van der Waals surface area contributed by atoms with E-state index in [1.165, 1.54) is 16.0 Å². The molecule has 0 spiro atoms. The standard InChI is InChI=1S/C49H50ClN5O5S2/c1-35-30-44(22-23-46(35)52-41(33-61-43-10-3-2-4-11-43)24-25-51-31-38-9-7-13-47-48(38)60-34-59-47)62(57,58)53-49(56)37-16-20-42(21-17-37)55-28-26-54(27-29-55)32-39-8-5-6-12-45(39)36-14-18-40(50)19-15-36/h2-23,30,41,51-52H,24-29,31-34H2,1H3,(H,53,56)/t41-/m1/s1. The summed E-state index contributed by atoms with van der Waals surface area (Å²) in [6.07, 6.45) is 0.817. The highest BCUT2D eigenvalue weighted by atomic mass is 35.5. The van der Waals surface area contributed by atoms with E-state index < -0.39 is 15.9 Å². The van der Waals surface area contributed by atoms with Gasteiger partial charge in [-0.3, -0.25) is 9.69 Å². The Morgan fingerprint density at radius 3 is 2.32 bits per heavy atom. The second kappa shape index (κ2) is 20.1. The number of ether oxygens (including phenoxy) is 2. The van der Waals surface area contributed by atoms with Crippen LogP contribution in [0, 0.1) is 6.92 Å². The Morgan fingerprint density at radius 1 is 0.806 bits per heavy atom. The van der Waals surface area contributed by atoms with Gasteiger partial charge in [0.1, 0.15) is 0 Å². The minimum atomic E-state index is -4.14. The fourth-order valence-corrected chi connectivity index (χ4v) is 9.94. The summed E-state index contributed by atoms with van der Waals surface area (Å²) < 4.78 is 40.5. The number of piperazine rings is 1. The predicted octanol–water partition coefficient (Wildman–Crippen LogP) is 9.24. The Kier molecular flexibility index (Phi) is 14.0. The smallest absolute Gasteiger partial charge is 0.264 e. The van der Waals surface area contributed by atoms with Gasteiger partial charge in [0, 0.05) is 83.5 Å². The SMILES string of the molecule is Cc1cc(S(=O)(=O)NC(=O)c2ccc(N3CCN(Cc4ccccc4-c4ccc(Cl)cc4)CC3)cc2)ccc1N[C@H](CCNCc1cccc2c1OCO2)CSc1ccccc1. The maximum atomic E-state index is 13.5. The number of hydrogen-bond acceptors (Lipinski definition) is 10. The largest absolute Gasteiger partial charge is 0.454 e. The number of amides is 1. The van der Waals surface area contributed by atoms with Gasteiger partial charge in [0.25, 0.3) is 15.9 Å². The van der Waals surface area contributed by atoms with Crippen LogP contribution < -0.4 is 29.7 Å². The van der Waals surface area contributed by atoms with E-state index >= 15 is 0 Å². The van der Waals surface area contributed by atoms with E-state index in [2.05, 4.69) is 73.7 Å². The van der Waals surface area contributed by atoms with Crippen molar-refractivity contribution in [3.05, 3.63) is 167 Å². The number of nitrogens with zero attached hydrogens (tertiary/aromatic N) is 2. The Bertz CT molecular complexity index is 2570. The molecular formula is C49H50ClN5O5S2. The van der Waals surface area contributed by atoms with Crippen molar-refractivity contribution >= 4 is 50.7 Å². The minimum Gasteiger partial charge on any atom is -0.454 e. The fourth-order valence-electron chi connectivity index (χ4n) is 7.76. The van der Waals surface area contributed by atoms with Crippen molar-refractivity contribution in [1.82, 2.24) is 14.9 Å². The summed E-state index contributed by atoms with van der Waals surface area (Å²) in [7, 11) is -4.14. The van der Waals surface area contributed by atoms with Crippen molar-refractivity contribution in [2.24, 2.45) is 0 Å². The molecule has 13 heteroatoms. The summed E-state index contributed by atoms with van der Waals surface area (Å²) in [6.45, 7) is 7.78. The molecule has 3 N–H and O–H groups in total. The first kappa shape index (κ1) is 43.2. The van der Waals surface area contributed by atoms with Crippen molar-refractivity contribution in [2.45, 2.75) is 42.3 Å². The van der Waals surface area contributed by atoms with Crippen molar-refractivity contribution in [2.75, 3.05) is 55.5 Å². The molecule has 2 heterocycles. The zero-order valence-corrected chi connectivity index (χ0v) is 36.9. The first-order chi connectivity index (χ1) is 30.2. The van der Waals surface area contributed by atoms with Gasteiger partial charge in [0.15, 0.2) is 11.5 Å². The molecule has 0 bridgehead atoms. The summed E-state index contributed by atoms with van der Waals surface area (Å²) in [5, 5.41) is 7.93. The third kappa shape index (κ3) is 10.9. The molecule has 0 unspecified atom stereocenters. The molecule has 10 nitrogen and oxygen atoms in total. The van der Waals surface area contributed by atoms with E-state index in [1.54, 1.807) is 42.1 Å². The van der Waals surface area contributed by atoms with E-state index in [9.17, 15) is 13.2 Å². The average Bonchev–Trinajstić information content (AvgIpc) is 3.79. The number of para-hydroxylation sites is 1. The third-order valence-electron chi connectivity index (χ3n) is 11.2. The summed E-state index contributed by atoms with van der Waals surface area (Å²) in [5.74, 6) is 1.68. The average molecular weight is 889 g/mol. The number of sulfonamides is 1. The van der Waals surface area contributed by atoms with E-state index in [0.717, 1.165) is 96.0 Å². The van der Waals surface area contributed by atoms with Gasteiger partial charge in [-0.25, -0.2) is 13.1 Å². The van der Waals surface area contributed by atoms with E-state index in [-0.39, 0.29) is 23.3 Å². The lowest BCUT2D eigenvalue weighted by molar-refractivity contribution is 0.0981. The monoisotopic (exact) mass is 887 g/mol. The van der Waals surface area contributed by atoms with Crippen LogP contribution in [-0.2, 0) is 23.1 Å². The van der Waals surface area contributed by atoms with Crippen molar-refractivity contribution in [3.63, 3.8) is 0 Å². The van der Waals surface area contributed by atoms with Crippen LogP contribution in [-0.4, -0.2) is 70.5 Å². The molecule has 62 heavy (non-hydrogen) atoms. The van der Waals surface area contributed by atoms with E-state index in [0.29, 0.717) is 6.54 Å². The van der Waals surface area contributed by atoms with Crippen LogP contribution in [0.1, 0.15) is 33.5 Å².